The summed E-state index contributed by atoms with van der Waals surface area (Å²) >= 11 is 0. The van der Waals surface area contributed by atoms with Gasteiger partial charge in [-0.1, -0.05) is 50.9 Å². The third-order valence-corrected chi connectivity index (χ3v) is 8.26. The Morgan fingerprint density at radius 1 is 1.12 bits per heavy atom. The van der Waals surface area contributed by atoms with Crippen molar-refractivity contribution in [1.29, 1.82) is 0 Å². The van der Waals surface area contributed by atoms with Crippen molar-refractivity contribution in [2.45, 2.75) is 90.0 Å². The lowest BCUT2D eigenvalue weighted by molar-refractivity contribution is -0.152. The van der Waals surface area contributed by atoms with E-state index in [1.165, 1.54) is 7.11 Å². The third kappa shape index (κ3) is 10.6. The first-order valence-corrected chi connectivity index (χ1v) is 17.5. The highest BCUT2D eigenvalue weighted by Crippen LogP contribution is 2.34. The molecule has 1 fully saturated rings. The van der Waals surface area contributed by atoms with Crippen LogP contribution in [-0.2, 0) is 18.9 Å². The van der Waals surface area contributed by atoms with Crippen LogP contribution in [0.15, 0.2) is 30.4 Å². The summed E-state index contributed by atoms with van der Waals surface area (Å²) in [5.41, 5.74) is 0.838. The zero-order valence-electron chi connectivity index (χ0n) is 25.4. The highest BCUT2D eigenvalue weighted by atomic mass is 28.3. The number of hydrogen-bond acceptors (Lipinski definition) is 9. The normalized spacial score (nSPS) is 21.5. The molecule has 1 aliphatic heterocycles. The Morgan fingerprint density at radius 2 is 1.82 bits per heavy atom. The zero-order chi connectivity index (χ0) is 30.1. The number of methoxy groups -OCH3 is 2. The van der Waals surface area contributed by atoms with Crippen molar-refractivity contribution in [3.05, 3.63) is 41.5 Å². The van der Waals surface area contributed by atoms with Crippen molar-refractivity contribution in [3.8, 4) is 11.5 Å². The van der Waals surface area contributed by atoms with Gasteiger partial charge in [0.25, 0.3) is 0 Å². The summed E-state index contributed by atoms with van der Waals surface area (Å²) in [5.74, 6) is -0.674. The van der Waals surface area contributed by atoms with Crippen LogP contribution in [-0.4, -0.2) is 82.1 Å². The summed E-state index contributed by atoms with van der Waals surface area (Å²) in [6.45, 7) is 14.1. The van der Waals surface area contributed by atoms with E-state index in [0.717, 1.165) is 6.04 Å². The number of carbonyl (C=O) groups is 1. The molecule has 0 amide bonds. The van der Waals surface area contributed by atoms with Crippen LogP contribution in [0.25, 0.3) is 6.08 Å². The number of benzene rings is 1. The fourth-order valence-corrected chi connectivity index (χ4v) is 4.77. The molecule has 0 aliphatic carbocycles. The van der Waals surface area contributed by atoms with E-state index < -0.39 is 44.2 Å². The molecule has 226 valence electrons. The Bertz CT molecular complexity index is 1010. The average molecular weight is 581 g/mol. The van der Waals surface area contributed by atoms with Crippen molar-refractivity contribution in [3.63, 3.8) is 0 Å². The molecule has 0 aromatic heterocycles. The number of rotatable bonds is 15. The maximum atomic E-state index is 13.3. The Hall–Kier alpha value is -2.21. The van der Waals surface area contributed by atoms with Gasteiger partial charge >= 0.3 is 5.97 Å². The van der Waals surface area contributed by atoms with Crippen LogP contribution in [0.2, 0.25) is 25.7 Å². The first kappa shape index (κ1) is 34.0. The van der Waals surface area contributed by atoms with E-state index >= 15 is 0 Å². The third-order valence-electron chi connectivity index (χ3n) is 6.56. The van der Waals surface area contributed by atoms with Crippen molar-refractivity contribution in [2.24, 2.45) is 5.92 Å². The first-order valence-electron chi connectivity index (χ1n) is 13.7. The Labute approximate surface area is 240 Å². The van der Waals surface area contributed by atoms with Crippen LogP contribution in [0.5, 0.6) is 11.5 Å². The molecule has 0 radical (unpaired) electrons. The Balaban J connectivity index is 2.32. The number of esters is 1. The largest absolute Gasteiger partial charge is 0.497 e. The average Bonchev–Trinajstić information content (AvgIpc) is 3.18. The molecule has 2 N–H and O–H groups in total. The number of aliphatic hydroxyl groups is 2. The summed E-state index contributed by atoms with van der Waals surface area (Å²) in [5, 5.41) is 20.6. The molecule has 1 heterocycles. The molecule has 1 aliphatic rings. The van der Waals surface area contributed by atoms with E-state index in [4.69, 9.17) is 28.4 Å². The number of ether oxygens (including phenoxy) is 6. The van der Waals surface area contributed by atoms with Gasteiger partial charge in [-0.25, -0.2) is 4.79 Å². The van der Waals surface area contributed by atoms with Gasteiger partial charge in [0.15, 0.2) is 12.6 Å². The second-order valence-electron chi connectivity index (χ2n) is 11.8. The minimum atomic E-state index is -1.40. The Kier molecular flexibility index (Phi) is 12.9. The molecule has 0 saturated carbocycles. The molecular weight excluding hydrogens is 532 g/mol. The van der Waals surface area contributed by atoms with Gasteiger partial charge in [-0.2, -0.15) is 0 Å². The predicted octanol–water partition coefficient (Wildman–Crippen LogP) is 5.03. The lowest BCUT2D eigenvalue weighted by Crippen LogP contribution is -2.34. The van der Waals surface area contributed by atoms with Crippen LogP contribution < -0.4 is 9.47 Å². The van der Waals surface area contributed by atoms with E-state index in [1.807, 2.05) is 13.0 Å². The fraction of sp³-hybridized carbons (Fsp3) is 0.633. The van der Waals surface area contributed by atoms with E-state index in [2.05, 4.69) is 19.6 Å². The maximum Gasteiger partial charge on any atom is 0.342 e. The number of carbonyl (C=O) groups excluding carboxylic acids is 1. The second-order valence-corrected chi connectivity index (χ2v) is 17.5. The molecule has 2 rings (SSSR count). The van der Waals surface area contributed by atoms with Crippen LogP contribution in [0.4, 0.5) is 0 Å². The summed E-state index contributed by atoms with van der Waals surface area (Å²) < 4.78 is 34.0. The van der Waals surface area contributed by atoms with Gasteiger partial charge in [0, 0.05) is 21.3 Å². The van der Waals surface area contributed by atoms with Gasteiger partial charge in [-0.3, -0.25) is 0 Å². The van der Waals surface area contributed by atoms with Gasteiger partial charge in [0.1, 0.15) is 29.3 Å². The predicted molar refractivity (Wildman–Crippen MR) is 157 cm³/mol. The summed E-state index contributed by atoms with van der Waals surface area (Å²) in [4.78, 5) is 13.3. The van der Waals surface area contributed by atoms with Gasteiger partial charge in [-0.05, 0) is 50.8 Å². The lowest BCUT2D eigenvalue weighted by Gasteiger charge is -2.20. The van der Waals surface area contributed by atoms with Gasteiger partial charge in [0.05, 0.1) is 25.9 Å². The van der Waals surface area contributed by atoms with E-state index in [9.17, 15) is 15.0 Å². The fourth-order valence-electron chi connectivity index (χ4n) is 4.06. The van der Waals surface area contributed by atoms with Gasteiger partial charge in [0.2, 0.25) is 0 Å². The summed E-state index contributed by atoms with van der Waals surface area (Å²) in [6, 6.07) is 4.22. The molecule has 9 nitrogen and oxygen atoms in total. The van der Waals surface area contributed by atoms with Crippen LogP contribution in [0.1, 0.15) is 50.0 Å². The molecule has 1 aromatic rings. The van der Waals surface area contributed by atoms with E-state index in [-0.39, 0.29) is 18.3 Å². The standard InChI is InChI=1S/C30H48O9Si/c1-20(21(2)31)13-14-24(32)28-25(38-30(3,4)39-28)12-10-11-22-17-23(35-6)18-26(37-19-34-5)27(22)29(33)36-15-16-40(7,8)9/h10-11,13-14,17-18,20-21,24-25,28,31-32H,12,15-16,19H2,1-9H3/b11-10+,14-13-/t20-,21?,24?,25-,28?/m0/s1. The van der Waals surface area contributed by atoms with E-state index in [1.54, 1.807) is 58.2 Å². The van der Waals surface area contributed by atoms with Crippen LogP contribution in [0.3, 0.4) is 0 Å². The smallest absolute Gasteiger partial charge is 0.342 e. The lowest BCUT2D eigenvalue weighted by atomic mass is 10.00. The quantitative estimate of drug-likeness (QED) is 0.128. The minimum Gasteiger partial charge on any atom is -0.497 e. The summed E-state index contributed by atoms with van der Waals surface area (Å²) in [6.07, 6.45) is 4.95. The SMILES string of the molecule is COCOc1cc(OC)cc(/C=C/C[C@@H]2OC(C)(C)OC2C(O)/C=C\[C@H](C)C(C)O)c1C(=O)OCC[Si](C)(C)C. The molecule has 40 heavy (non-hydrogen) atoms. The topological polar surface area (TPSA) is 113 Å². The van der Waals surface area contributed by atoms with Crippen LogP contribution >= 0.6 is 0 Å². The minimum absolute atomic E-state index is 0.0470. The molecular formula is C30H48O9Si. The van der Waals surface area contributed by atoms with Crippen molar-refractivity contribution in [1.82, 2.24) is 0 Å². The molecule has 5 atom stereocenters. The summed E-state index contributed by atoms with van der Waals surface area (Å²) in [7, 11) is 1.65. The van der Waals surface area contributed by atoms with Gasteiger partial charge < -0.3 is 38.6 Å². The van der Waals surface area contributed by atoms with E-state index in [0.29, 0.717) is 30.1 Å². The highest BCUT2D eigenvalue weighted by molar-refractivity contribution is 6.76. The van der Waals surface area contributed by atoms with Gasteiger partial charge in [-0.15, -0.1) is 0 Å². The second kappa shape index (κ2) is 15.1. The van der Waals surface area contributed by atoms with Crippen molar-refractivity contribution in [2.75, 3.05) is 27.6 Å². The van der Waals surface area contributed by atoms with Crippen molar-refractivity contribution < 1.29 is 43.4 Å². The maximum absolute atomic E-state index is 13.3. The zero-order valence-corrected chi connectivity index (χ0v) is 26.4. The molecule has 3 unspecified atom stereocenters. The molecule has 1 saturated heterocycles. The van der Waals surface area contributed by atoms with Crippen LogP contribution in [0, 0.1) is 5.92 Å². The first-order chi connectivity index (χ1) is 18.7. The number of hydrogen-bond donors (Lipinski definition) is 2. The number of aliphatic hydroxyl groups excluding tert-OH is 2. The molecule has 10 heteroatoms. The Morgan fingerprint density at radius 3 is 2.42 bits per heavy atom. The molecule has 1 aromatic carbocycles. The van der Waals surface area contributed by atoms with Crippen molar-refractivity contribution >= 4 is 20.1 Å². The molecule has 0 bridgehead atoms. The monoisotopic (exact) mass is 580 g/mol. The highest BCUT2D eigenvalue weighted by Gasteiger charge is 2.43. The molecule has 0 spiro atoms.